The average Bonchev–Trinajstić information content (AvgIpc) is 2.67. The van der Waals surface area contributed by atoms with Crippen molar-refractivity contribution in [2.24, 2.45) is 7.05 Å². The van der Waals surface area contributed by atoms with Crippen molar-refractivity contribution < 1.29 is 0 Å². The number of hydrogen-bond acceptors (Lipinski definition) is 2. The van der Waals surface area contributed by atoms with Crippen molar-refractivity contribution in [2.75, 3.05) is 5.32 Å². The van der Waals surface area contributed by atoms with Gasteiger partial charge in [-0.2, -0.15) is 5.10 Å². The van der Waals surface area contributed by atoms with Crippen LogP contribution in [0.2, 0.25) is 5.02 Å². The van der Waals surface area contributed by atoms with Crippen LogP contribution in [0.4, 0.5) is 5.69 Å². The number of benzene rings is 1. The number of hydrogen-bond donors (Lipinski definition) is 1. The predicted molar refractivity (Wildman–Crippen MR) is 69.7 cm³/mol. The third kappa shape index (κ3) is 2.57. The fourth-order valence-corrected chi connectivity index (χ4v) is 1.96. The highest BCUT2D eigenvalue weighted by molar-refractivity contribution is 9.10. The standard InChI is InChI=1S/C11H11BrClN3/c1-16-6-5-8(15-16)7-14-10-4-2-3-9(13)11(10)12/h2-6,14H,7H2,1H3. The molecule has 0 aliphatic heterocycles. The maximum Gasteiger partial charge on any atom is 0.0815 e. The smallest absolute Gasteiger partial charge is 0.0815 e. The highest BCUT2D eigenvalue weighted by Crippen LogP contribution is 2.30. The molecule has 1 N–H and O–H groups in total. The molecule has 0 spiro atoms. The van der Waals surface area contributed by atoms with Crippen molar-refractivity contribution in [2.45, 2.75) is 6.54 Å². The molecular formula is C11H11BrClN3. The molecule has 0 aliphatic carbocycles. The Morgan fingerprint density at radius 3 is 2.94 bits per heavy atom. The van der Waals surface area contributed by atoms with Crippen LogP contribution in [0.15, 0.2) is 34.9 Å². The summed E-state index contributed by atoms with van der Waals surface area (Å²) in [6, 6.07) is 7.70. The second-order valence-electron chi connectivity index (χ2n) is 3.44. The normalized spacial score (nSPS) is 10.4. The molecule has 84 valence electrons. The van der Waals surface area contributed by atoms with Crippen LogP contribution in [0.5, 0.6) is 0 Å². The maximum atomic E-state index is 5.99. The van der Waals surface area contributed by atoms with Crippen LogP contribution in [-0.4, -0.2) is 9.78 Å². The molecule has 1 heterocycles. The minimum Gasteiger partial charge on any atom is -0.378 e. The maximum absolute atomic E-state index is 5.99. The number of nitrogens with zero attached hydrogens (tertiary/aromatic N) is 2. The van der Waals surface area contributed by atoms with E-state index in [1.54, 1.807) is 4.68 Å². The van der Waals surface area contributed by atoms with E-state index < -0.39 is 0 Å². The largest absolute Gasteiger partial charge is 0.378 e. The summed E-state index contributed by atoms with van der Waals surface area (Å²) in [5.74, 6) is 0. The fourth-order valence-electron chi connectivity index (χ4n) is 1.38. The van der Waals surface area contributed by atoms with Gasteiger partial charge in [0.15, 0.2) is 0 Å². The first-order chi connectivity index (χ1) is 7.66. The SMILES string of the molecule is Cn1ccc(CNc2cccc(Cl)c2Br)n1. The zero-order valence-electron chi connectivity index (χ0n) is 8.74. The lowest BCUT2D eigenvalue weighted by molar-refractivity contribution is 0.747. The zero-order chi connectivity index (χ0) is 11.5. The van der Waals surface area contributed by atoms with Crippen molar-refractivity contribution in [1.29, 1.82) is 0 Å². The van der Waals surface area contributed by atoms with Gasteiger partial charge in [0.05, 0.1) is 27.4 Å². The van der Waals surface area contributed by atoms with Crippen LogP contribution < -0.4 is 5.32 Å². The molecule has 2 aromatic rings. The summed E-state index contributed by atoms with van der Waals surface area (Å²) < 4.78 is 2.66. The molecule has 3 nitrogen and oxygen atoms in total. The molecule has 2 rings (SSSR count). The summed E-state index contributed by atoms with van der Waals surface area (Å²) in [5.41, 5.74) is 1.97. The van der Waals surface area contributed by atoms with Gasteiger partial charge in [0.2, 0.25) is 0 Å². The lowest BCUT2D eigenvalue weighted by Gasteiger charge is -2.07. The van der Waals surface area contributed by atoms with Crippen molar-refractivity contribution in [3.63, 3.8) is 0 Å². The lowest BCUT2D eigenvalue weighted by atomic mass is 10.3. The summed E-state index contributed by atoms with van der Waals surface area (Å²) in [6.07, 6.45) is 1.92. The van der Waals surface area contributed by atoms with Crippen molar-refractivity contribution in [1.82, 2.24) is 9.78 Å². The molecule has 0 unspecified atom stereocenters. The van der Waals surface area contributed by atoms with Crippen LogP contribution >= 0.6 is 27.5 Å². The van der Waals surface area contributed by atoms with Gasteiger partial charge in [-0.3, -0.25) is 4.68 Å². The molecular weight excluding hydrogens is 289 g/mol. The summed E-state index contributed by atoms with van der Waals surface area (Å²) in [5, 5.41) is 8.26. The second kappa shape index (κ2) is 4.89. The molecule has 0 fully saturated rings. The van der Waals surface area contributed by atoms with Gasteiger partial charge in [-0.1, -0.05) is 17.7 Å². The third-order valence-electron chi connectivity index (χ3n) is 2.18. The minimum absolute atomic E-state index is 0.680. The predicted octanol–water partition coefficient (Wildman–Crippen LogP) is 3.45. The van der Waals surface area contributed by atoms with Gasteiger partial charge in [0.1, 0.15) is 0 Å². The van der Waals surface area contributed by atoms with Gasteiger partial charge in [-0.05, 0) is 34.1 Å². The molecule has 0 aliphatic rings. The van der Waals surface area contributed by atoms with E-state index in [-0.39, 0.29) is 0 Å². The first-order valence-corrected chi connectivity index (χ1v) is 6.00. The quantitative estimate of drug-likeness (QED) is 0.941. The van der Waals surface area contributed by atoms with Gasteiger partial charge in [0, 0.05) is 13.2 Å². The van der Waals surface area contributed by atoms with Gasteiger partial charge in [0.25, 0.3) is 0 Å². The van der Waals surface area contributed by atoms with E-state index in [9.17, 15) is 0 Å². The zero-order valence-corrected chi connectivity index (χ0v) is 11.1. The van der Waals surface area contributed by atoms with E-state index in [0.29, 0.717) is 11.6 Å². The average molecular weight is 301 g/mol. The Bertz CT molecular complexity index is 496. The van der Waals surface area contributed by atoms with Gasteiger partial charge >= 0.3 is 0 Å². The van der Waals surface area contributed by atoms with Crippen LogP contribution in [0.1, 0.15) is 5.69 Å². The van der Waals surface area contributed by atoms with Crippen LogP contribution in [-0.2, 0) is 13.6 Å². The molecule has 0 saturated heterocycles. The Kier molecular flexibility index (Phi) is 3.51. The molecule has 0 bridgehead atoms. The summed E-state index contributed by atoms with van der Waals surface area (Å²) in [6.45, 7) is 0.680. The molecule has 0 atom stereocenters. The van der Waals surface area contributed by atoms with Gasteiger partial charge in [-0.25, -0.2) is 0 Å². The summed E-state index contributed by atoms with van der Waals surface area (Å²) in [7, 11) is 1.90. The Morgan fingerprint density at radius 1 is 1.44 bits per heavy atom. The monoisotopic (exact) mass is 299 g/mol. The molecule has 0 saturated carbocycles. The van der Waals surface area contributed by atoms with E-state index in [0.717, 1.165) is 15.9 Å². The van der Waals surface area contributed by atoms with E-state index in [4.69, 9.17) is 11.6 Å². The lowest BCUT2D eigenvalue weighted by Crippen LogP contribution is -2.01. The molecule has 0 radical (unpaired) electrons. The molecule has 0 amide bonds. The van der Waals surface area contributed by atoms with E-state index in [1.165, 1.54) is 0 Å². The van der Waals surface area contributed by atoms with Crippen LogP contribution in [0.3, 0.4) is 0 Å². The number of aromatic nitrogens is 2. The Morgan fingerprint density at radius 2 is 2.25 bits per heavy atom. The Labute approximate surface area is 108 Å². The summed E-state index contributed by atoms with van der Waals surface area (Å²) >= 11 is 9.43. The first-order valence-electron chi connectivity index (χ1n) is 4.83. The second-order valence-corrected chi connectivity index (χ2v) is 4.64. The Hall–Kier alpha value is -1.000. The number of nitrogens with one attached hydrogen (secondary N) is 1. The molecule has 1 aromatic carbocycles. The fraction of sp³-hybridized carbons (Fsp3) is 0.182. The number of rotatable bonds is 3. The van der Waals surface area contributed by atoms with Crippen LogP contribution in [0, 0.1) is 0 Å². The van der Waals surface area contributed by atoms with Gasteiger partial charge in [-0.15, -0.1) is 0 Å². The molecule has 1 aromatic heterocycles. The van der Waals surface area contributed by atoms with E-state index >= 15 is 0 Å². The number of halogens is 2. The van der Waals surface area contributed by atoms with Gasteiger partial charge < -0.3 is 5.32 Å². The Balaban J connectivity index is 2.07. The highest BCUT2D eigenvalue weighted by Gasteiger charge is 2.03. The highest BCUT2D eigenvalue weighted by atomic mass is 79.9. The van der Waals surface area contributed by atoms with Crippen molar-refractivity contribution >= 4 is 33.2 Å². The van der Waals surface area contributed by atoms with Crippen LogP contribution in [0.25, 0.3) is 0 Å². The summed E-state index contributed by atoms with van der Waals surface area (Å²) in [4.78, 5) is 0. The van der Waals surface area contributed by atoms with E-state index in [2.05, 4.69) is 26.3 Å². The third-order valence-corrected chi connectivity index (χ3v) is 3.58. The molecule has 5 heteroatoms. The molecule has 16 heavy (non-hydrogen) atoms. The van der Waals surface area contributed by atoms with E-state index in [1.807, 2.05) is 37.5 Å². The van der Waals surface area contributed by atoms with Crippen molar-refractivity contribution in [3.05, 3.63) is 45.7 Å². The minimum atomic E-state index is 0.680. The topological polar surface area (TPSA) is 29.9 Å². The number of aryl methyl sites for hydroxylation is 1. The number of anilines is 1. The first kappa shape index (κ1) is 11.5. The van der Waals surface area contributed by atoms with Crippen molar-refractivity contribution in [3.8, 4) is 0 Å².